The van der Waals surface area contributed by atoms with E-state index in [0.29, 0.717) is 48.8 Å². The average Bonchev–Trinajstić information content (AvgIpc) is 3.62. The zero-order valence-electron chi connectivity index (χ0n) is 19.3. The molecule has 3 heterocycles. The van der Waals surface area contributed by atoms with Crippen LogP contribution in [0, 0.1) is 0 Å². The topological polar surface area (TPSA) is 127 Å². The van der Waals surface area contributed by atoms with Gasteiger partial charge in [0.1, 0.15) is 0 Å². The molecule has 1 N–H and O–H groups in total. The molecule has 1 atom stereocenters. The molecule has 1 saturated carbocycles. The summed E-state index contributed by atoms with van der Waals surface area (Å²) >= 11 is 0. The molecule has 1 aliphatic carbocycles. The van der Waals surface area contributed by atoms with Crippen molar-refractivity contribution in [3.05, 3.63) is 60.2 Å². The monoisotopic (exact) mass is 494 g/mol. The average molecular weight is 495 g/mol. The number of amides is 1. The van der Waals surface area contributed by atoms with Crippen molar-refractivity contribution in [2.75, 3.05) is 17.9 Å². The number of sulfonamides is 1. The number of hydrogen-bond acceptors (Lipinski definition) is 8. The van der Waals surface area contributed by atoms with Gasteiger partial charge in [-0.15, -0.1) is 0 Å². The summed E-state index contributed by atoms with van der Waals surface area (Å²) < 4.78 is 32.4. The highest BCUT2D eigenvalue weighted by atomic mass is 32.2. The maximum atomic E-state index is 13.4. The number of hydrogen-bond donors (Lipinski definition) is 1. The van der Waals surface area contributed by atoms with Crippen molar-refractivity contribution >= 4 is 21.9 Å². The van der Waals surface area contributed by atoms with E-state index >= 15 is 0 Å². The van der Waals surface area contributed by atoms with E-state index in [1.165, 1.54) is 6.20 Å². The number of carbonyl (C=O) groups is 1. The lowest BCUT2D eigenvalue weighted by Crippen LogP contribution is -2.31. The first-order chi connectivity index (χ1) is 16.9. The number of likely N-dealkylation sites (tertiary alicyclic amines) is 1. The summed E-state index contributed by atoms with van der Waals surface area (Å²) in [5, 5.41) is -0.366. The number of nitrogens with one attached hydrogen (secondary N) is 1. The van der Waals surface area contributed by atoms with Gasteiger partial charge in [-0.05, 0) is 50.8 Å². The van der Waals surface area contributed by atoms with Gasteiger partial charge in [0, 0.05) is 23.9 Å². The van der Waals surface area contributed by atoms with Crippen LogP contribution in [0.1, 0.15) is 54.7 Å². The number of carbonyl (C=O) groups excluding carboxylic acids is 1. The van der Waals surface area contributed by atoms with Crippen LogP contribution in [-0.2, 0) is 10.0 Å². The molecule has 0 radical (unpaired) electrons. The molecule has 1 aliphatic heterocycles. The highest BCUT2D eigenvalue weighted by Gasteiger charge is 2.37. The van der Waals surface area contributed by atoms with Gasteiger partial charge in [-0.3, -0.25) is 14.5 Å². The van der Waals surface area contributed by atoms with Crippen molar-refractivity contribution in [3.8, 4) is 17.1 Å². The van der Waals surface area contributed by atoms with E-state index in [2.05, 4.69) is 24.7 Å². The molecule has 5 rings (SSSR count). The molecule has 1 aromatic carbocycles. The molecular weight excluding hydrogens is 468 g/mol. The van der Waals surface area contributed by atoms with Gasteiger partial charge < -0.3 is 9.64 Å². The van der Waals surface area contributed by atoms with E-state index in [9.17, 15) is 13.2 Å². The molecular formula is C24H26N6O4S. The molecule has 2 aliphatic rings. The highest BCUT2D eigenvalue weighted by Crippen LogP contribution is 2.33. The fourth-order valence-corrected chi connectivity index (χ4v) is 5.44. The van der Waals surface area contributed by atoms with E-state index in [-0.39, 0.29) is 23.1 Å². The number of aromatic nitrogens is 4. The molecule has 3 aromatic rings. The largest absolute Gasteiger partial charge is 0.477 e. The quantitative estimate of drug-likeness (QED) is 0.506. The van der Waals surface area contributed by atoms with Crippen molar-refractivity contribution in [1.29, 1.82) is 0 Å². The number of anilines is 1. The lowest BCUT2D eigenvalue weighted by molar-refractivity contribution is 0.0733. The highest BCUT2D eigenvalue weighted by molar-refractivity contribution is 7.93. The van der Waals surface area contributed by atoms with Gasteiger partial charge in [0.15, 0.2) is 0 Å². The maximum absolute atomic E-state index is 13.4. The van der Waals surface area contributed by atoms with E-state index in [4.69, 9.17) is 4.74 Å². The summed E-state index contributed by atoms with van der Waals surface area (Å²) in [4.78, 5) is 32.2. The van der Waals surface area contributed by atoms with Crippen molar-refractivity contribution in [2.45, 2.75) is 43.9 Å². The molecule has 2 aromatic heterocycles. The predicted octanol–water partition coefficient (Wildman–Crippen LogP) is 3.21. The van der Waals surface area contributed by atoms with Crippen LogP contribution < -0.4 is 9.46 Å². The molecule has 2 fully saturated rings. The SMILES string of the molecule is CCOc1cncc(-c2ccc(C(=O)N3CCC[C@@H]3c3ccnc(NS(=O)(=O)C4CC4)n3)cc2)n1. The molecule has 0 bridgehead atoms. The second kappa shape index (κ2) is 9.57. The Morgan fingerprint density at radius 2 is 1.91 bits per heavy atom. The van der Waals surface area contributed by atoms with Crippen LogP contribution in [0.5, 0.6) is 5.88 Å². The van der Waals surface area contributed by atoms with E-state index in [0.717, 1.165) is 18.4 Å². The van der Waals surface area contributed by atoms with Gasteiger partial charge in [0.25, 0.3) is 5.91 Å². The Bertz CT molecular complexity index is 1330. The van der Waals surface area contributed by atoms with Crippen LogP contribution in [0.4, 0.5) is 5.95 Å². The van der Waals surface area contributed by atoms with Crippen LogP contribution in [0.3, 0.4) is 0 Å². The Labute approximate surface area is 203 Å². The van der Waals surface area contributed by atoms with Crippen molar-refractivity contribution < 1.29 is 17.9 Å². The van der Waals surface area contributed by atoms with Crippen LogP contribution in [-0.4, -0.2) is 57.6 Å². The van der Waals surface area contributed by atoms with Gasteiger partial charge in [-0.2, -0.15) is 0 Å². The minimum atomic E-state index is -3.46. The lowest BCUT2D eigenvalue weighted by atomic mass is 10.1. The first-order valence-electron chi connectivity index (χ1n) is 11.7. The Balaban J connectivity index is 1.32. The number of rotatable bonds is 8. The zero-order valence-corrected chi connectivity index (χ0v) is 20.1. The first kappa shape index (κ1) is 23.2. The van der Waals surface area contributed by atoms with E-state index in [1.54, 1.807) is 35.5 Å². The molecule has 182 valence electrons. The molecule has 1 amide bonds. The van der Waals surface area contributed by atoms with Crippen LogP contribution >= 0.6 is 0 Å². The lowest BCUT2D eigenvalue weighted by Gasteiger charge is -2.24. The van der Waals surface area contributed by atoms with Gasteiger partial charge in [0.05, 0.1) is 41.7 Å². The Kier molecular flexibility index (Phi) is 6.33. The van der Waals surface area contributed by atoms with E-state index in [1.807, 2.05) is 19.1 Å². The standard InChI is InChI=1S/C24H26N6O4S/c1-2-34-22-15-25-14-20(27-22)16-5-7-17(8-6-16)23(31)30-13-3-4-21(30)19-11-12-26-24(28-19)29-35(32,33)18-9-10-18/h5-8,11-12,14-15,18,21H,2-4,9-10,13H2,1H3,(H,26,28,29)/t21-/m1/s1. The number of benzene rings is 1. The fourth-order valence-electron chi connectivity index (χ4n) is 4.17. The molecule has 1 saturated heterocycles. The number of nitrogens with zero attached hydrogens (tertiary/aromatic N) is 5. The summed E-state index contributed by atoms with van der Waals surface area (Å²) in [5.41, 5.74) is 2.67. The second-order valence-electron chi connectivity index (χ2n) is 8.56. The summed E-state index contributed by atoms with van der Waals surface area (Å²) in [6.45, 7) is 2.98. The van der Waals surface area contributed by atoms with Crippen LogP contribution in [0.25, 0.3) is 11.3 Å². The van der Waals surface area contributed by atoms with Crippen molar-refractivity contribution in [3.63, 3.8) is 0 Å². The Hall–Kier alpha value is -3.60. The molecule has 0 spiro atoms. The fraction of sp³-hybridized carbons (Fsp3) is 0.375. The predicted molar refractivity (Wildman–Crippen MR) is 129 cm³/mol. The molecule has 10 nitrogen and oxygen atoms in total. The van der Waals surface area contributed by atoms with E-state index < -0.39 is 10.0 Å². The Morgan fingerprint density at radius 3 is 2.66 bits per heavy atom. The third-order valence-electron chi connectivity index (χ3n) is 6.06. The third-order valence-corrected chi connectivity index (χ3v) is 7.88. The van der Waals surface area contributed by atoms with Crippen molar-refractivity contribution in [1.82, 2.24) is 24.8 Å². The summed E-state index contributed by atoms with van der Waals surface area (Å²) in [6.07, 6.45) is 7.64. The molecule has 11 heteroatoms. The summed E-state index contributed by atoms with van der Waals surface area (Å²) in [7, 11) is -3.46. The Morgan fingerprint density at radius 1 is 1.11 bits per heavy atom. The van der Waals surface area contributed by atoms with Crippen LogP contribution in [0.15, 0.2) is 48.9 Å². The minimum Gasteiger partial charge on any atom is -0.477 e. The third kappa shape index (κ3) is 5.09. The summed E-state index contributed by atoms with van der Waals surface area (Å²) in [5.74, 6) is 0.397. The maximum Gasteiger partial charge on any atom is 0.254 e. The van der Waals surface area contributed by atoms with Crippen molar-refractivity contribution in [2.24, 2.45) is 0 Å². The van der Waals surface area contributed by atoms with Crippen LogP contribution in [0.2, 0.25) is 0 Å². The smallest absolute Gasteiger partial charge is 0.254 e. The minimum absolute atomic E-state index is 0.0495. The van der Waals surface area contributed by atoms with Gasteiger partial charge in [0.2, 0.25) is 21.9 Å². The first-order valence-corrected chi connectivity index (χ1v) is 13.2. The van der Waals surface area contributed by atoms with Gasteiger partial charge in [-0.25, -0.2) is 23.4 Å². The molecule has 0 unspecified atom stereocenters. The van der Waals surface area contributed by atoms with Gasteiger partial charge in [-0.1, -0.05) is 12.1 Å². The number of ether oxygens (including phenoxy) is 1. The normalized spacial score (nSPS) is 17.9. The second-order valence-corrected chi connectivity index (χ2v) is 10.5. The zero-order chi connectivity index (χ0) is 24.4. The summed E-state index contributed by atoms with van der Waals surface area (Å²) in [6, 6.07) is 8.72. The van der Waals surface area contributed by atoms with Gasteiger partial charge >= 0.3 is 0 Å². The molecule has 35 heavy (non-hydrogen) atoms.